The Balaban J connectivity index is 2.34. The van der Waals surface area contributed by atoms with Crippen LogP contribution >= 0.6 is 23.2 Å². The smallest absolute Gasteiger partial charge is 0.220 e. The number of halogens is 2. The summed E-state index contributed by atoms with van der Waals surface area (Å²) in [5.74, 6) is 0.00193. The first kappa shape index (κ1) is 15.3. The maximum absolute atomic E-state index is 11.6. The lowest BCUT2D eigenvalue weighted by atomic mass is 10.1. The molecule has 0 saturated carbocycles. The summed E-state index contributed by atoms with van der Waals surface area (Å²) in [6, 6.07) is 5.34. The summed E-state index contributed by atoms with van der Waals surface area (Å²) in [6.45, 7) is 1.28. The van der Waals surface area contributed by atoms with Crippen molar-refractivity contribution in [1.82, 2.24) is 5.32 Å². The Morgan fingerprint density at radius 1 is 1.33 bits per heavy atom. The number of carbonyl (C=O) groups is 1. The van der Waals surface area contributed by atoms with E-state index in [9.17, 15) is 4.79 Å². The van der Waals surface area contributed by atoms with E-state index < -0.39 is 0 Å². The van der Waals surface area contributed by atoms with Crippen LogP contribution in [-0.2, 0) is 16.0 Å². The Morgan fingerprint density at radius 3 is 2.61 bits per heavy atom. The van der Waals surface area contributed by atoms with E-state index in [1.54, 1.807) is 25.3 Å². The van der Waals surface area contributed by atoms with Crippen molar-refractivity contribution in [2.24, 2.45) is 0 Å². The molecule has 0 aliphatic heterocycles. The molecular formula is C13H17Cl2NO2. The number of ether oxygens (including phenoxy) is 1. The third-order valence-corrected chi connectivity index (χ3v) is 3.22. The maximum atomic E-state index is 11.6. The lowest BCUT2D eigenvalue weighted by Gasteiger charge is -2.07. The molecular weight excluding hydrogens is 273 g/mol. The highest BCUT2D eigenvalue weighted by Crippen LogP contribution is 2.25. The van der Waals surface area contributed by atoms with E-state index in [0.717, 1.165) is 12.0 Å². The Kier molecular flexibility index (Phi) is 7.09. The lowest BCUT2D eigenvalue weighted by molar-refractivity contribution is -0.121. The van der Waals surface area contributed by atoms with Crippen LogP contribution in [0.4, 0.5) is 0 Å². The molecule has 1 amide bonds. The van der Waals surface area contributed by atoms with Crippen LogP contribution in [0.1, 0.15) is 18.4 Å². The quantitative estimate of drug-likeness (QED) is 0.784. The van der Waals surface area contributed by atoms with Gasteiger partial charge in [0.25, 0.3) is 0 Å². The van der Waals surface area contributed by atoms with Gasteiger partial charge in [0.1, 0.15) is 0 Å². The van der Waals surface area contributed by atoms with Crippen LogP contribution < -0.4 is 5.32 Å². The van der Waals surface area contributed by atoms with Crippen molar-refractivity contribution in [3.8, 4) is 0 Å². The lowest BCUT2D eigenvalue weighted by Crippen LogP contribution is -2.25. The number of carbonyl (C=O) groups excluding carboxylic acids is 1. The summed E-state index contributed by atoms with van der Waals surface area (Å²) in [5.41, 5.74) is 0.827. The van der Waals surface area contributed by atoms with Crippen LogP contribution in [0.2, 0.25) is 10.0 Å². The molecule has 0 aliphatic rings. The maximum Gasteiger partial charge on any atom is 0.220 e. The number of benzene rings is 1. The van der Waals surface area contributed by atoms with Gasteiger partial charge in [-0.1, -0.05) is 29.3 Å². The van der Waals surface area contributed by atoms with Crippen LogP contribution in [0, 0.1) is 0 Å². The molecule has 0 spiro atoms. The topological polar surface area (TPSA) is 38.3 Å². The van der Waals surface area contributed by atoms with Crippen molar-refractivity contribution in [3.05, 3.63) is 33.8 Å². The minimum Gasteiger partial charge on any atom is -0.385 e. The van der Waals surface area contributed by atoms with Gasteiger partial charge in [-0.3, -0.25) is 4.79 Å². The Morgan fingerprint density at radius 2 is 2.00 bits per heavy atom. The van der Waals surface area contributed by atoms with E-state index in [0.29, 0.717) is 36.0 Å². The number of methoxy groups -OCH3 is 1. The van der Waals surface area contributed by atoms with Gasteiger partial charge in [-0.15, -0.1) is 0 Å². The van der Waals surface area contributed by atoms with Crippen molar-refractivity contribution < 1.29 is 9.53 Å². The molecule has 1 N–H and O–H groups in total. The Labute approximate surface area is 117 Å². The molecule has 18 heavy (non-hydrogen) atoms. The van der Waals surface area contributed by atoms with Gasteiger partial charge in [0.2, 0.25) is 5.91 Å². The second-order valence-corrected chi connectivity index (χ2v) is 4.71. The Bertz CT molecular complexity index is 376. The zero-order chi connectivity index (χ0) is 13.4. The highest BCUT2D eigenvalue weighted by Gasteiger charge is 2.08. The minimum atomic E-state index is 0.00193. The van der Waals surface area contributed by atoms with Crippen LogP contribution in [-0.4, -0.2) is 26.2 Å². The third kappa shape index (κ3) is 5.25. The van der Waals surface area contributed by atoms with Gasteiger partial charge in [-0.2, -0.15) is 0 Å². The average molecular weight is 290 g/mol. The van der Waals surface area contributed by atoms with Crippen molar-refractivity contribution in [1.29, 1.82) is 0 Å². The van der Waals surface area contributed by atoms with Crippen LogP contribution in [0.25, 0.3) is 0 Å². The molecule has 1 rings (SSSR count). The number of rotatable bonds is 7. The number of nitrogens with one attached hydrogen (secondary N) is 1. The van der Waals surface area contributed by atoms with E-state index in [2.05, 4.69) is 5.32 Å². The molecule has 0 heterocycles. The summed E-state index contributed by atoms with van der Waals surface area (Å²) in [7, 11) is 1.64. The molecule has 0 atom stereocenters. The fraction of sp³-hybridized carbons (Fsp3) is 0.462. The zero-order valence-corrected chi connectivity index (χ0v) is 11.9. The molecule has 0 bridgehead atoms. The van der Waals surface area contributed by atoms with Crippen molar-refractivity contribution in [3.63, 3.8) is 0 Å². The fourth-order valence-corrected chi connectivity index (χ4v) is 2.13. The second-order valence-electron chi connectivity index (χ2n) is 3.90. The SMILES string of the molecule is COCCCNC(=O)CCc1c(Cl)cccc1Cl. The molecule has 5 heteroatoms. The van der Waals surface area contributed by atoms with Gasteiger partial charge in [0, 0.05) is 36.7 Å². The summed E-state index contributed by atoms with van der Waals surface area (Å²) < 4.78 is 4.90. The molecule has 1 aromatic rings. The largest absolute Gasteiger partial charge is 0.385 e. The second kappa shape index (κ2) is 8.35. The first-order valence-corrected chi connectivity index (χ1v) is 6.59. The molecule has 1 aromatic carbocycles. The van der Waals surface area contributed by atoms with Gasteiger partial charge in [0.15, 0.2) is 0 Å². The van der Waals surface area contributed by atoms with Gasteiger partial charge >= 0.3 is 0 Å². The standard InChI is InChI=1S/C13H17Cl2NO2/c1-18-9-3-8-16-13(17)7-6-10-11(14)4-2-5-12(10)15/h2,4-5H,3,6-9H2,1H3,(H,16,17). The summed E-state index contributed by atoms with van der Waals surface area (Å²) in [4.78, 5) is 11.6. The molecule has 0 unspecified atom stereocenters. The fourth-order valence-electron chi connectivity index (χ4n) is 1.54. The van der Waals surface area contributed by atoms with Crippen molar-refractivity contribution in [2.45, 2.75) is 19.3 Å². The minimum absolute atomic E-state index is 0.00193. The first-order valence-electron chi connectivity index (χ1n) is 5.83. The first-order chi connectivity index (χ1) is 8.65. The summed E-state index contributed by atoms with van der Waals surface area (Å²) in [6.07, 6.45) is 1.75. The van der Waals surface area contributed by atoms with Gasteiger partial charge in [-0.05, 0) is 30.5 Å². The van der Waals surface area contributed by atoms with Crippen molar-refractivity contribution in [2.75, 3.05) is 20.3 Å². The highest BCUT2D eigenvalue weighted by atomic mass is 35.5. The summed E-state index contributed by atoms with van der Waals surface area (Å²) in [5, 5.41) is 4.03. The van der Waals surface area contributed by atoms with Crippen LogP contribution in [0.15, 0.2) is 18.2 Å². The van der Waals surface area contributed by atoms with Crippen molar-refractivity contribution >= 4 is 29.1 Å². The van der Waals surface area contributed by atoms with E-state index in [1.807, 2.05) is 0 Å². The third-order valence-electron chi connectivity index (χ3n) is 2.51. The molecule has 0 saturated heterocycles. The van der Waals surface area contributed by atoms with E-state index >= 15 is 0 Å². The Hall–Kier alpha value is -0.770. The van der Waals surface area contributed by atoms with Crippen LogP contribution in [0.5, 0.6) is 0 Å². The normalized spacial score (nSPS) is 10.4. The van der Waals surface area contributed by atoms with E-state index in [1.165, 1.54) is 0 Å². The van der Waals surface area contributed by atoms with Gasteiger partial charge < -0.3 is 10.1 Å². The zero-order valence-electron chi connectivity index (χ0n) is 10.3. The van der Waals surface area contributed by atoms with E-state index in [-0.39, 0.29) is 5.91 Å². The monoisotopic (exact) mass is 289 g/mol. The predicted molar refractivity (Wildman–Crippen MR) is 74.3 cm³/mol. The average Bonchev–Trinajstić information content (AvgIpc) is 2.34. The van der Waals surface area contributed by atoms with Crippen LogP contribution in [0.3, 0.4) is 0 Å². The molecule has 0 aliphatic carbocycles. The number of hydrogen-bond donors (Lipinski definition) is 1. The highest BCUT2D eigenvalue weighted by molar-refractivity contribution is 6.36. The van der Waals surface area contributed by atoms with E-state index in [4.69, 9.17) is 27.9 Å². The molecule has 100 valence electrons. The van der Waals surface area contributed by atoms with Gasteiger partial charge in [0.05, 0.1) is 0 Å². The molecule has 3 nitrogen and oxygen atoms in total. The summed E-state index contributed by atoms with van der Waals surface area (Å²) >= 11 is 12.1. The molecule has 0 fully saturated rings. The van der Waals surface area contributed by atoms with Gasteiger partial charge in [-0.25, -0.2) is 0 Å². The number of amides is 1. The predicted octanol–water partition coefficient (Wildman–Crippen LogP) is 3.08. The number of hydrogen-bond acceptors (Lipinski definition) is 2. The molecule has 0 aromatic heterocycles. The molecule has 0 radical (unpaired) electrons.